The molecule has 0 aliphatic rings. The quantitative estimate of drug-likeness (QED) is 0.642. The first-order valence-corrected chi connectivity index (χ1v) is 6.23. The Labute approximate surface area is 117 Å². The number of aliphatic hydroxyl groups excluding tert-OH is 2. The maximum absolute atomic E-state index is 11.4. The van der Waals surface area contributed by atoms with E-state index in [4.69, 9.17) is 10.5 Å². The first-order chi connectivity index (χ1) is 9.19. The van der Waals surface area contributed by atoms with E-state index in [0.29, 0.717) is 5.69 Å². The number of aliphatic hydroxyl groups is 2. The van der Waals surface area contributed by atoms with Gasteiger partial charge in [0.15, 0.2) is 0 Å². The Morgan fingerprint density at radius 2 is 2.10 bits per heavy atom. The van der Waals surface area contributed by atoms with Crippen LogP contribution in [0.2, 0.25) is 0 Å². The van der Waals surface area contributed by atoms with Crippen LogP contribution in [0.4, 0.5) is 10.5 Å². The normalized spacial score (nSPS) is 14.4. The van der Waals surface area contributed by atoms with Gasteiger partial charge in [-0.05, 0) is 32.9 Å². The number of nitrogens with two attached hydrogens (primary N) is 1. The third-order valence-corrected chi connectivity index (χ3v) is 2.33. The topological polar surface area (TPSA) is 118 Å². The maximum atomic E-state index is 11.4. The van der Waals surface area contributed by atoms with Crippen LogP contribution in [0.5, 0.6) is 0 Å². The molecule has 1 heterocycles. The number of anilines is 1. The molecule has 0 aliphatic heterocycles. The summed E-state index contributed by atoms with van der Waals surface area (Å²) in [5.74, 6) is 0. The Bertz CT molecular complexity index is 442. The highest BCUT2D eigenvalue weighted by Crippen LogP contribution is 2.15. The number of pyridine rings is 1. The zero-order chi connectivity index (χ0) is 15.3. The van der Waals surface area contributed by atoms with E-state index in [2.05, 4.69) is 10.3 Å². The van der Waals surface area contributed by atoms with Crippen molar-refractivity contribution >= 4 is 11.8 Å². The lowest BCUT2D eigenvalue weighted by Gasteiger charge is -2.22. The molecule has 0 aliphatic carbocycles. The number of hydrogen-bond donors (Lipinski definition) is 4. The van der Waals surface area contributed by atoms with Gasteiger partial charge >= 0.3 is 6.09 Å². The van der Waals surface area contributed by atoms with Crippen LogP contribution in [0.3, 0.4) is 0 Å². The zero-order valence-electron chi connectivity index (χ0n) is 11.8. The van der Waals surface area contributed by atoms with Crippen molar-refractivity contribution < 1.29 is 19.7 Å². The van der Waals surface area contributed by atoms with Crippen molar-refractivity contribution in [1.29, 1.82) is 0 Å². The summed E-state index contributed by atoms with van der Waals surface area (Å²) in [5.41, 5.74) is 5.60. The monoisotopic (exact) mass is 283 g/mol. The smallest absolute Gasteiger partial charge is 0.407 e. The predicted octanol–water partition coefficient (Wildman–Crippen LogP) is 0.583. The van der Waals surface area contributed by atoms with E-state index in [1.807, 2.05) is 0 Å². The van der Waals surface area contributed by atoms with Crippen LogP contribution in [0.25, 0.3) is 0 Å². The molecule has 1 amide bonds. The van der Waals surface area contributed by atoms with E-state index < -0.39 is 23.9 Å². The van der Waals surface area contributed by atoms with Crippen molar-refractivity contribution in [1.82, 2.24) is 10.3 Å². The molecule has 20 heavy (non-hydrogen) atoms. The minimum absolute atomic E-state index is 0.151. The molecule has 2 unspecified atom stereocenters. The van der Waals surface area contributed by atoms with Crippen molar-refractivity contribution in [2.45, 2.75) is 38.6 Å². The SMILES string of the molecule is CC(C)(C)OC(=O)NCC(O)C(O)c1ccc(N)cn1. The van der Waals surface area contributed by atoms with Gasteiger partial charge in [0, 0.05) is 6.54 Å². The Hall–Kier alpha value is -1.86. The minimum Gasteiger partial charge on any atom is -0.444 e. The molecule has 0 aromatic carbocycles. The number of aromatic nitrogens is 1. The van der Waals surface area contributed by atoms with Crippen molar-refractivity contribution in [2.24, 2.45) is 0 Å². The van der Waals surface area contributed by atoms with Gasteiger partial charge in [0.05, 0.1) is 17.6 Å². The second-order valence-corrected chi connectivity index (χ2v) is 5.41. The minimum atomic E-state index is -1.22. The van der Waals surface area contributed by atoms with Gasteiger partial charge in [-0.25, -0.2) is 4.79 Å². The lowest BCUT2D eigenvalue weighted by Crippen LogP contribution is -2.39. The lowest BCUT2D eigenvalue weighted by atomic mass is 10.1. The third-order valence-electron chi connectivity index (χ3n) is 2.33. The molecule has 7 heteroatoms. The van der Waals surface area contributed by atoms with Crippen LogP contribution in [-0.2, 0) is 4.74 Å². The van der Waals surface area contributed by atoms with Crippen molar-refractivity contribution in [3.8, 4) is 0 Å². The molecular formula is C13H21N3O4. The molecular weight excluding hydrogens is 262 g/mol. The van der Waals surface area contributed by atoms with Crippen molar-refractivity contribution in [2.75, 3.05) is 12.3 Å². The van der Waals surface area contributed by atoms with Crippen LogP contribution in [-0.4, -0.2) is 39.5 Å². The number of carbonyl (C=O) groups excluding carboxylic acids is 1. The summed E-state index contributed by atoms with van der Waals surface area (Å²) < 4.78 is 5.01. The van der Waals surface area contributed by atoms with Gasteiger partial charge in [0.2, 0.25) is 0 Å². The molecule has 1 rings (SSSR count). The number of alkyl carbamates (subject to hydrolysis) is 1. The summed E-state index contributed by atoms with van der Waals surface area (Å²) in [6.07, 6.45) is -1.69. The zero-order valence-corrected chi connectivity index (χ0v) is 11.8. The fourth-order valence-corrected chi connectivity index (χ4v) is 1.40. The molecule has 1 aromatic heterocycles. The first kappa shape index (κ1) is 16.2. The van der Waals surface area contributed by atoms with Gasteiger partial charge in [0.25, 0.3) is 0 Å². The summed E-state index contributed by atoms with van der Waals surface area (Å²) in [4.78, 5) is 15.3. The number of nitrogens with one attached hydrogen (secondary N) is 1. The third kappa shape index (κ3) is 5.41. The highest BCUT2D eigenvalue weighted by atomic mass is 16.6. The summed E-state index contributed by atoms with van der Waals surface area (Å²) in [5, 5.41) is 22.1. The summed E-state index contributed by atoms with van der Waals surface area (Å²) in [7, 11) is 0. The van der Waals surface area contributed by atoms with E-state index in [1.54, 1.807) is 26.8 Å². The maximum Gasteiger partial charge on any atom is 0.407 e. The van der Waals surface area contributed by atoms with E-state index in [0.717, 1.165) is 0 Å². The Morgan fingerprint density at radius 3 is 2.60 bits per heavy atom. The number of nitrogens with zero attached hydrogens (tertiary/aromatic N) is 1. The van der Waals surface area contributed by atoms with Crippen LogP contribution in [0.1, 0.15) is 32.6 Å². The molecule has 2 atom stereocenters. The average molecular weight is 283 g/mol. The number of ether oxygens (including phenoxy) is 1. The van der Waals surface area contributed by atoms with Crippen LogP contribution >= 0.6 is 0 Å². The molecule has 5 N–H and O–H groups in total. The van der Waals surface area contributed by atoms with Crippen LogP contribution in [0, 0.1) is 0 Å². The second-order valence-electron chi connectivity index (χ2n) is 5.41. The molecule has 0 fully saturated rings. The number of hydrogen-bond acceptors (Lipinski definition) is 6. The fourth-order valence-electron chi connectivity index (χ4n) is 1.40. The second kappa shape index (κ2) is 6.53. The number of nitrogen functional groups attached to an aromatic ring is 1. The number of rotatable bonds is 4. The highest BCUT2D eigenvalue weighted by Gasteiger charge is 2.22. The van der Waals surface area contributed by atoms with Gasteiger partial charge in [-0.1, -0.05) is 0 Å². The highest BCUT2D eigenvalue weighted by molar-refractivity contribution is 5.67. The molecule has 0 saturated heterocycles. The van der Waals surface area contributed by atoms with E-state index in [-0.39, 0.29) is 12.2 Å². The molecule has 1 aromatic rings. The van der Waals surface area contributed by atoms with Gasteiger partial charge in [-0.3, -0.25) is 4.98 Å². The molecule has 112 valence electrons. The first-order valence-electron chi connectivity index (χ1n) is 6.23. The Morgan fingerprint density at radius 1 is 1.45 bits per heavy atom. The predicted molar refractivity (Wildman–Crippen MR) is 73.9 cm³/mol. The number of carbonyl (C=O) groups is 1. The lowest BCUT2D eigenvalue weighted by molar-refractivity contribution is 0.0109. The fraction of sp³-hybridized carbons (Fsp3) is 0.538. The van der Waals surface area contributed by atoms with Gasteiger partial charge in [-0.15, -0.1) is 0 Å². The molecule has 0 bridgehead atoms. The largest absolute Gasteiger partial charge is 0.444 e. The molecule has 0 saturated carbocycles. The average Bonchev–Trinajstić information content (AvgIpc) is 2.34. The Balaban J connectivity index is 2.48. The standard InChI is InChI=1S/C13H21N3O4/c1-13(2,3)20-12(19)16-7-10(17)11(18)9-5-4-8(14)6-15-9/h4-6,10-11,17-18H,7,14H2,1-3H3,(H,16,19). The van der Waals surface area contributed by atoms with E-state index in [1.165, 1.54) is 12.3 Å². The Kier molecular flexibility index (Phi) is 5.29. The van der Waals surface area contributed by atoms with E-state index in [9.17, 15) is 15.0 Å². The van der Waals surface area contributed by atoms with Crippen molar-refractivity contribution in [3.05, 3.63) is 24.0 Å². The van der Waals surface area contributed by atoms with Gasteiger partial charge in [-0.2, -0.15) is 0 Å². The van der Waals surface area contributed by atoms with E-state index >= 15 is 0 Å². The summed E-state index contributed by atoms with van der Waals surface area (Å²) in [6, 6.07) is 3.08. The van der Waals surface area contributed by atoms with Gasteiger partial charge in [0.1, 0.15) is 17.8 Å². The molecule has 0 spiro atoms. The van der Waals surface area contributed by atoms with Crippen LogP contribution in [0.15, 0.2) is 18.3 Å². The van der Waals surface area contributed by atoms with Gasteiger partial charge < -0.3 is 26.0 Å². The van der Waals surface area contributed by atoms with Crippen LogP contribution < -0.4 is 11.1 Å². The number of amides is 1. The summed E-state index contributed by atoms with van der Waals surface area (Å²) in [6.45, 7) is 5.05. The summed E-state index contributed by atoms with van der Waals surface area (Å²) >= 11 is 0. The molecule has 0 radical (unpaired) electrons. The van der Waals surface area contributed by atoms with Crippen molar-refractivity contribution in [3.63, 3.8) is 0 Å². The molecule has 7 nitrogen and oxygen atoms in total.